The van der Waals surface area contributed by atoms with Crippen molar-refractivity contribution in [3.63, 3.8) is 0 Å². The van der Waals surface area contributed by atoms with E-state index in [1.54, 1.807) is 11.1 Å². The van der Waals surface area contributed by atoms with Crippen LogP contribution in [0, 0.1) is 0 Å². The Balaban J connectivity index is 1.91. The van der Waals surface area contributed by atoms with Crippen molar-refractivity contribution in [3.8, 4) is 0 Å². The Morgan fingerprint density at radius 1 is 1.12 bits per heavy atom. The summed E-state index contributed by atoms with van der Waals surface area (Å²) in [6.45, 7) is 2.29. The van der Waals surface area contributed by atoms with Crippen molar-refractivity contribution in [2.45, 2.75) is 64.2 Å². The van der Waals surface area contributed by atoms with Gasteiger partial charge in [-0.2, -0.15) is 0 Å². The first kappa shape index (κ1) is 11.7. The Morgan fingerprint density at radius 3 is 2.88 bits per heavy atom. The summed E-state index contributed by atoms with van der Waals surface area (Å²) in [6, 6.07) is 9.09. The number of fused-ring (bicyclic) bond motifs is 1. The molecule has 1 aromatic rings. The minimum Gasteiger partial charge on any atom is -0.0654 e. The molecular formula is C16H24. The third-order valence-electron chi connectivity index (χ3n) is 3.90. The number of aryl methyl sites for hydroxylation is 1. The molecule has 16 heavy (non-hydrogen) atoms. The molecule has 0 spiro atoms. The van der Waals surface area contributed by atoms with Gasteiger partial charge in [0.05, 0.1) is 0 Å². The summed E-state index contributed by atoms with van der Waals surface area (Å²) in [5, 5.41) is 0. The second kappa shape index (κ2) is 6.08. The van der Waals surface area contributed by atoms with Crippen molar-refractivity contribution in [1.82, 2.24) is 0 Å². The molecule has 0 fully saturated rings. The molecule has 0 aromatic heterocycles. The Hall–Kier alpha value is -0.780. The molecule has 1 aromatic carbocycles. The molecule has 0 saturated carbocycles. The zero-order chi connectivity index (χ0) is 11.2. The molecule has 0 radical (unpaired) electrons. The van der Waals surface area contributed by atoms with E-state index in [0.29, 0.717) is 0 Å². The van der Waals surface area contributed by atoms with E-state index in [-0.39, 0.29) is 0 Å². The van der Waals surface area contributed by atoms with Crippen LogP contribution in [0.1, 0.15) is 68.9 Å². The van der Waals surface area contributed by atoms with Gasteiger partial charge in [-0.05, 0) is 42.7 Å². The van der Waals surface area contributed by atoms with E-state index in [1.807, 2.05) is 0 Å². The standard InChI is InChI=1S/C16H24/c1-2-3-4-5-9-14-11-8-12-15-10-6-7-13-16(14)15/h6-7,10,13-14H,2-5,8-9,11-12H2,1H3/t14-/m0/s1. The number of hydrogen-bond donors (Lipinski definition) is 0. The van der Waals surface area contributed by atoms with Gasteiger partial charge in [0.2, 0.25) is 0 Å². The van der Waals surface area contributed by atoms with Crippen LogP contribution in [0.5, 0.6) is 0 Å². The van der Waals surface area contributed by atoms with Gasteiger partial charge in [0.25, 0.3) is 0 Å². The van der Waals surface area contributed by atoms with Crippen molar-refractivity contribution >= 4 is 0 Å². The van der Waals surface area contributed by atoms with Gasteiger partial charge in [-0.25, -0.2) is 0 Å². The van der Waals surface area contributed by atoms with Crippen LogP contribution in [0.4, 0.5) is 0 Å². The van der Waals surface area contributed by atoms with E-state index >= 15 is 0 Å². The lowest BCUT2D eigenvalue weighted by molar-refractivity contribution is 0.489. The molecule has 2 rings (SSSR count). The second-order valence-corrected chi connectivity index (χ2v) is 5.14. The molecule has 0 saturated heterocycles. The van der Waals surface area contributed by atoms with Crippen LogP contribution < -0.4 is 0 Å². The Bertz CT molecular complexity index is 314. The van der Waals surface area contributed by atoms with Crippen LogP contribution in [0.2, 0.25) is 0 Å². The van der Waals surface area contributed by atoms with Crippen LogP contribution in [0.3, 0.4) is 0 Å². The van der Waals surface area contributed by atoms with Crippen molar-refractivity contribution < 1.29 is 0 Å². The molecule has 0 heterocycles. The molecular weight excluding hydrogens is 192 g/mol. The molecule has 1 aliphatic rings. The maximum atomic E-state index is 2.36. The molecule has 0 aliphatic heterocycles. The first-order valence-corrected chi connectivity index (χ1v) is 6.99. The van der Waals surface area contributed by atoms with E-state index in [4.69, 9.17) is 0 Å². The predicted octanol–water partition coefficient (Wildman–Crippen LogP) is 5.08. The van der Waals surface area contributed by atoms with Gasteiger partial charge in [-0.15, -0.1) is 0 Å². The normalized spacial score (nSPS) is 19.4. The second-order valence-electron chi connectivity index (χ2n) is 5.14. The van der Waals surface area contributed by atoms with E-state index < -0.39 is 0 Å². The highest BCUT2D eigenvalue weighted by Crippen LogP contribution is 2.34. The van der Waals surface area contributed by atoms with Crippen LogP contribution in [-0.4, -0.2) is 0 Å². The number of unbranched alkanes of at least 4 members (excludes halogenated alkanes) is 3. The summed E-state index contributed by atoms with van der Waals surface area (Å²) < 4.78 is 0. The predicted molar refractivity (Wildman–Crippen MR) is 70.9 cm³/mol. The highest BCUT2D eigenvalue weighted by atomic mass is 14.2. The highest BCUT2D eigenvalue weighted by Gasteiger charge is 2.18. The largest absolute Gasteiger partial charge is 0.0654 e. The summed E-state index contributed by atoms with van der Waals surface area (Å²) in [5.41, 5.74) is 3.28. The smallest absolute Gasteiger partial charge is 0.0159 e. The fourth-order valence-corrected chi connectivity index (χ4v) is 2.97. The van der Waals surface area contributed by atoms with Crippen molar-refractivity contribution in [3.05, 3.63) is 35.4 Å². The lowest BCUT2D eigenvalue weighted by atomic mass is 9.80. The number of hydrogen-bond acceptors (Lipinski definition) is 0. The summed E-state index contributed by atoms with van der Waals surface area (Å²) in [7, 11) is 0. The average Bonchev–Trinajstić information content (AvgIpc) is 2.35. The molecule has 0 heteroatoms. The third kappa shape index (κ3) is 2.87. The van der Waals surface area contributed by atoms with Gasteiger partial charge in [-0.3, -0.25) is 0 Å². The van der Waals surface area contributed by atoms with E-state index in [2.05, 4.69) is 31.2 Å². The van der Waals surface area contributed by atoms with Crippen LogP contribution in [0.25, 0.3) is 0 Å². The molecule has 1 atom stereocenters. The molecule has 0 bridgehead atoms. The fraction of sp³-hybridized carbons (Fsp3) is 0.625. The monoisotopic (exact) mass is 216 g/mol. The van der Waals surface area contributed by atoms with Crippen LogP contribution in [-0.2, 0) is 6.42 Å². The van der Waals surface area contributed by atoms with Gasteiger partial charge in [0, 0.05) is 0 Å². The van der Waals surface area contributed by atoms with Gasteiger partial charge >= 0.3 is 0 Å². The Kier molecular flexibility index (Phi) is 4.44. The molecule has 0 N–H and O–H groups in total. The van der Waals surface area contributed by atoms with Gasteiger partial charge in [0.15, 0.2) is 0 Å². The molecule has 1 aliphatic carbocycles. The average molecular weight is 216 g/mol. The first-order chi connectivity index (χ1) is 7.92. The lowest BCUT2D eigenvalue weighted by Gasteiger charge is -2.25. The minimum atomic E-state index is 0.863. The van der Waals surface area contributed by atoms with Crippen LogP contribution >= 0.6 is 0 Å². The first-order valence-electron chi connectivity index (χ1n) is 6.99. The third-order valence-corrected chi connectivity index (χ3v) is 3.90. The van der Waals surface area contributed by atoms with Crippen molar-refractivity contribution in [1.29, 1.82) is 0 Å². The maximum absolute atomic E-state index is 2.36. The molecule has 0 unspecified atom stereocenters. The number of rotatable bonds is 5. The van der Waals surface area contributed by atoms with E-state index in [9.17, 15) is 0 Å². The lowest BCUT2D eigenvalue weighted by Crippen LogP contribution is -2.09. The topological polar surface area (TPSA) is 0 Å². The van der Waals surface area contributed by atoms with E-state index in [1.165, 1.54) is 51.4 Å². The Morgan fingerprint density at radius 2 is 2.00 bits per heavy atom. The highest BCUT2D eigenvalue weighted by molar-refractivity contribution is 5.32. The molecule has 0 nitrogen and oxygen atoms in total. The van der Waals surface area contributed by atoms with Crippen LogP contribution in [0.15, 0.2) is 24.3 Å². The molecule has 0 amide bonds. The maximum Gasteiger partial charge on any atom is -0.0159 e. The van der Waals surface area contributed by atoms with Crippen molar-refractivity contribution in [2.24, 2.45) is 0 Å². The van der Waals surface area contributed by atoms with Gasteiger partial charge in [0.1, 0.15) is 0 Å². The zero-order valence-corrected chi connectivity index (χ0v) is 10.5. The minimum absolute atomic E-state index is 0.863. The van der Waals surface area contributed by atoms with Crippen molar-refractivity contribution in [2.75, 3.05) is 0 Å². The van der Waals surface area contributed by atoms with Gasteiger partial charge < -0.3 is 0 Å². The SMILES string of the molecule is CCCCCC[C@H]1CCCc2ccccc21. The zero-order valence-electron chi connectivity index (χ0n) is 10.5. The summed E-state index contributed by atoms with van der Waals surface area (Å²) in [4.78, 5) is 0. The molecule has 88 valence electrons. The van der Waals surface area contributed by atoms with Gasteiger partial charge in [-0.1, -0.05) is 56.9 Å². The fourth-order valence-electron chi connectivity index (χ4n) is 2.97. The summed E-state index contributed by atoms with van der Waals surface area (Å²) in [6.07, 6.45) is 11.1. The number of benzene rings is 1. The Labute approximate surface area is 100 Å². The summed E-state index contributed by atoms with van der Waals surface area (Å²) in [5.74, 6) is 0.863. The summed E-state index contributed by atoms with van der Waals surface area (Å²) >= 11 is 0. The van der Waals surface area contributed by atoms with E-state index in [0.717, 1.165) is 5.92 Å². The quantitative estimate of drug-likeness (QED) is 0.602.